The Bertz CT molecular complexity index is 667. The zero-order chi connectivity index (χ0) is 14.9. The van der Waals surface area contributed by atoms with Crippen LogP contribution in [0.3, 0.4) is 0 Å². The lowest BCUT2D eigenvalue weighted by Gasteiger charge is -2.17. The molecule has 1 fully saturated rings. The zero-order valence-corrected chi connectivity index (χ0v) is 12.1. The molecule has 0 N–H and O–H groups in total. The van der Waals surface area contributed by atoms with Crippen LogP contribution < -0.4 is 4.74 Å². The molecule has 0 aromatic carbocycles. The summed E-state index contributed by atoms with van der Waals surface area (Å²) in [6, 6.07) is 9.36. The van der Waals surface area contributed by atoms with Crippen molar-refractivity contribution in [2.24, 2.45) is 0 Å². The maximum atomic E-state index is 8.72. The van der Waals surface area contributed by atoms with Gasteiger partial charge in [-0.1, -0.05) is 19.9 Å². The third-order valence-corrected chi connectivity index (χ3v) is 3.66. The summed E-state index contributed by atoms with van der Waals surface area (Å²) in [6.07, 6.45) is 3.77. The molecular formula is C16H16N4O. The van der Waals surface area contributed by atoms with Gasteiger partial charge >= 0.3 is 0 Å². The third-order valence-electron chi connectivity index (χ3n) is 3.66. The molecule has 3 rings (SSSR count). The Hall–Kier alpha value is -2.48. The highest BCUT2D eigenvalue weighted by molar-refractivity contribution is 5.30. The number of ether oxygens (including phenoxy) is 1. The van der Waals surface area contributed by atoms with Gasteiger partial charge in [0.25, 0.3) is 0 Å². The van der Waals surface area contributed by atoms with Crippen molar-refractivity contribution in [3.8, 4) is 11.9 Å². The Balaban J connectivity index is 1.79. The van der Waals surface area contributed by atoms with Gasteiger partial charge in [0.15, 0.2) is 5.69 Å². The van der Waals surface area contributed by atoms with E-state index in [1.165, 1.54) is 0 Å². The predicted molar refractivity (Wildman–Crippen MR) is 76.6 cm³/mol. The fraction of sp³-hybridized carbons (Fsp3) is 0.375. The van der Waals surface area contributed by atoms with Crippen LogP contribution in [0.4, 0.5) is 0 Å². The van der Waals surface area contributed by atoms with E-state index < -0.39 is 0 Å². The smallest absolute Gasteiger partial charge is 0.234 e. The van der Waals surface area contributed by atoms with Crippen LogP contribution in [0.15, 0.2) is 30.5 Å². The maximum absolute atomic E-state index is 8.72. The molecular weight excluding hydrogens is 264 g/mol. The van der Waals surface area contributed by atoms with Crippen LogP contribution in [0.2, 0.25) is 0 Å². The molecule has 0 bridgehead atoms. The quantitative estimate of drug-likeness (QED) is 0.861. The van der Waals surface area contributed by atoms with Crippen LogP contribution in [-0.4, -0.2) is 15.2 Å². The van der Waals surface area contributed by atoms with Crippen LogP contribution in [0.1, 0.15) is 49.6 Å². The van der Waals surface area contributed by atoms with Crippen molar-refractivity contribution in [2.75, 3.05) is 0 Å². The molecule has 0 saturated heterocycles. The highest BCUT2D eigenvalue weighted by Crippen LogP contribution is 2.48. The van der Waals surface area contributed by atoms with E-state index in [-0.39, 0.29) is 11.3 Å². The Morgan fingerprint density at radius 2 is 2.00 bits per heavy atom. The summed E-state index contributed by atoms with van der Waals surface area (Å²) < 4.78 is 5.98. The van der Waals surface area contributed by atoms with E-state index in [2.05, 4.69) is 35.1 Å². The summed E-state index contributed by atoms with van der Waals surface area (Å²) in [5.41, 5.74) is 2.10. The Morgan fingerprint density at radius 1 is 1.19 bits per heavy atom. The van der Waals surface area contributed by atoms with Gasteiger partial charge in [0.2, 0.25) is 5.88 Å². The van der Waals surface area contributed by atoms with Crippen molar-refractivity contribution in [3.63, 3.8) is 0 Å². The number of aromatic nitrogens is 3. The average molecular weight is 280 g/mol. The third kappa shape index (κ3) is 2.70. The molecule has 21 heavy (non-hydrogen) atoms. The van der Waals surface area contributed by atoms with Gasteiger partial charge in [0.1, 0.15) is 11.7 Å². The van der Waals surface area contributed by atoms with Gasteiger partial charge in [-0.2, -0.15) is 5.26 Å². The molecule has 1 aliphatic carbocycles. The van der Waals surface area contributed by atoms with Crippen molar-refractivity contribution in [1.82, 2.24) is 15.2 Å². The molecule has 5 heteroatoms. The molecule has 2 heterocycles. The summed E-state index contributed by atoms with van der Waals surface area (Å²) >= 11 is 0. The Labute approximate surface area is 123 Å². The van der Waals surface area contributed by atoms with Crippen LogP contribution in [0, 0.1) is 11.3 Å². The van der Waals surface area contributed by atoms with E-state index in [0.29, 0.717) is 11.8 Å². The monoisotopic (exact) mass is 280 g/mol. The summed E-state index contributed by atoms with van der Waals surface area (Å²) in [4.78, 5) is 4.49. The first-order chi connectivity index (χ1) is 10.1. The van der Waals surface area contributed by atoms with Gasteiger partial charge in [-0.3, -0.25) is 4.98 Å². The molecule has 106 valence electrons. The van der Waals surface area contributed by atoms with Gasteiger partial charge in [-0.05, 0) is 30.9 Å². The average Bonchev–Trinajstić information content (AvgIpc) is 3.29. The zero-order valence-electron chi connectivity index (χ0n) is 12.1. The number of nitriles is 1. The predicted octanol–water partition coefficient (Wildman–Crippen LogP) is 2.93. The topological polar surface area (TPSA) is 71.7 Å². The molecule has 0 atom stereocenters. The molecule has 0 spiro atoms. The van der Waals surface area contributed by atoms with Gasteiger partial charge in [-0.15, -0.1) is 10.2 Å². The Kier molecular flexibility index (Phi) is 3.30. The van der Waals surface area contributed by atoms with E-state index in [0.717, 1.165) is 24.1 Å². The van der Waals surface area contributed by atoms with E-state index in [1.807, 2.05) is 18.3 Å². The number of pyridine rings is 1. The fourth-order valence-electron chi connectivity index (χ4n) is 2.21. The van der Waals surface area contributed by atoms with Crippen LogP contribution >= 0.6 is 0 Å². The molecule has 1 saturated carbocycles. The molecule has 0 unspecified atom stereocenters. The fourth-order valence-corrected chi connectivity index (χ4v) is 2.21. The lowest BCUT2D eigenvalue weighted by molar-refractivity contribution is 0.170. The van der Waals surface area contributed by atoms with Crippen molar-refractivity contribution in [2.45, 2.75) is 38.2 Å². The lowest BCUT2D eigenvalue weighted by atomic mass is 10.1. The van der Waals surface area contributed by atoms with E-state index in [4.69, 9.17) is 10.00 Å². The molecule has 0 amide bonds. The minimum atomic E-state index is -0.328. The van der Waals surface area contributed by atoms with E-state index in [1.54, 1.807) is 12.1 Å². The van der Waals surface area contributed by atoms with Crippen molar-refractivity contribution in [1.29, 1.82) is 5.26 Å². The first kappa shape index (κ1) is 13.5. The number of hydrogen-bond acceptors (Lipinski definition) is 5. The molecule has 2 aromatic heterocycles. The summed E-state index contributed by atoms with van der Waals surface area (Å²) in [5, 5.41) is 16.4. The molecule has 2 aromatic rings. The summed E-state index contributed by atoms with van der Waals surface area (Å²) in [7, 11) is 0. The SMILES string of the molecule is CC(C)c1ccc(C2(Oc3ccc(C#N)nn3)CC2)cn1. The number of nitrogens with zero attached hydrogens (tertiary/aromatic N) is 4. The largest absolute Gasteiger partial charge is 0.465 e. The molecule has 5 nitrogen and oxygen atoms in total. The standard InChI is InChI=1S/C16H16N4O/c1-11(2)14-5-3-12(10-18-14)16(7-8-16)21-15-6-4-13(9-17)19-20-15/h3-6,10-11H,7-8H2,1-2H3. The van der Waals surface area contributed by atoms with Gasteiger partial charge < -0.3 is 4.74 Å². The number of rotatable bonds is 4. The van der Waals surface area contributed by atoms with Crippen molar-refractivity contribution in [3.05, 3.63) is 47.4 Å². The normalized spacial score (nSPS) is 15.5. The van der Waals surface area contributed by atoms with E-state index in [9.17, 15) is 0 Å². The van der Waals surface area contributed by atoms with Crippen LogP contribution in [0.5, 0.6) is 5.88 Å². The first-order valence-electron chi connectivity index (χ1n) is 7.02. The minimum Gasteiger partial charge on any atom is -0.465 e. The minimum absolute atomic E-state index is 0.287. The molecule has 0 aliphatic heterocycles. The van der Waals surface area contributed by atoms with Crippen molar-refractivity contribution < 1.29 is 4.74 Å². The second kappa shape index (κ2) is 5.13. The Morgan fingerprint density at radius 3 is 2.48 bits per heavy atom. The van der Waals surface area contributed by atoms with E-state index >= 15 is 0 Å². The first-order valence-corrected chi connectivity index (χ1v) is 7.02. The van der Waals surface area contributed by atoms with Crippen LogP contribution in [-0.2, 0) is 5.60 Å². The van der Waals surface area contributed by atoms with Gasteiger partial charge in [0, 0.05) is 23.5 Å². The van der Waals surface area contributed by atoms with Crippen molar-refractivity contribution >= 4 is 0 Å². The number of hydrogen-bond donors (Lipinski definition) is 0. The molecule has 1 aliphatic rings. The van der Waals surface area contributed by atoms with Crippen LogP contribution in [0.25, 0.3) is 0 Å². The van der Waals surface area contributed by atoms with Gasteiger partial charge in [-0.25, -0.2) is 0 Å². The lowest BCUT2D eigenvalue weighted by Crippen LogP contribution is -2.17. The molecule has 0 radical (unpaired) electrons. The second-order valence-electron chi connectivity index (χ2n) is 5.59. The maximum Gasteiger partial charge on any atom is 0.234 e. The highest BCUT2D eigenvalue weighted by Gasteiger charge is 2.48. The summed E-state index contributed by atoms with van der Waals surface area (Å²) in [6.45, 7) is 4.25. The van der Waals surface area contributed by atoms with Gasteiger partial charge in [0.05, 0.1) is 0 Å². The highest BCUT2D eigenvalue weighted by atomic mass is 16.5. The second-order valence-corrected chi connectivity index (χ2v) is 5.59. The summed E-state index contributed by atoms with van der Waals surface area (Å²) in [5.74, 6) is 0.860.